The minimum absolute atomic E-state index is 0.205. The molecule has 0 bridgehead atoms. The maximum Gasteiger partial charge on any atom is 0.259 e. The van der Waals surface area contributed by atoms with Crippen molar-refractivity contribution in [2.75, 3.05) is 6.79 Å². The standard InChI is InChI=1S/C19H17N3O4S/c1-22-8-10-3-2-4-12-15(16(10)21-22)19(27-17(12)18(20)23)26-11-5-6-13-14(7-11)25-9-24-13/h5-8H,2-4,9H2,1H3,(H2,20,23). The zero-order chi connectivity index (χ0) is 18.5. The molecule has 7 nitrogen and oxygen atoms in total. The van der Waals surface area contributed by atoms with Crippen LogP contribution in [-0.2, 0) is 19.9 Å². The molecule has 2 aliphatic rings. The van der Waals surface area contributed by atoms with Gasteiger partial charge in [-0.2, -0.15) is 5.10 Å². The summed E-state index contributed by atoms with van der Waals surface area (Å²) in [4.78, 5) is 12.6. The first kappa shape index (κ1) is 16.2. The molecule has 8 heteroatoms. The second kappa shape index (κ2) is 6.02. The van der Waals surface area contributed by atoms with Crippen LogP contribution in [0.1, 0.15) is 27.2 Å². The molecule has 1 aliphatic carbocycles. The second-order valence-corrected chi connectivity index (χ2v) is 7.57. The molecule has 0 saturated carbocycles. The topological polar surface area (TPSA) is 88.6 Å². The molecule has 3 aromatic rings. The Kier molecular flexibility index (Phi) is 3.61. The maximum absolute atomic E-state index is 12.0. The molecule has 2 N–H and O–H groups in total. The minimum atomic E-state index is -0.434. The Bertz CT molecular complexity index is 1070. The number of nitrogens with zero attached hydrogens (tertiary/aromatic N) is 2. The molecule has 5 rings (SSSR count). The van der Waals surface area contributed by atoms with Crippen molar-refractivity contribution in [1.29, 1.82) is 0 Å². The van der Waals surface area contributed by atoms with Gasteiger partial charge in [-0.15, -0.1) is 0 Å². The summed E-state index contributed by atoms with van der Waals surface area (Å²) < 4.78 is 18.7. The molecule has 1 aliphatic heterocycles. The van der Waals surface area contributed by atoms with Gasteiger partial charge in [0.2, 0.25) is 6.79 Å². The largest absolute Gasteiger partial charge is 0.454 e. The predicted molar refractivity (Wildman–Crippen MR) is 99.7 cm³/mol. The summed E-state index contributed by atoms with van der Waals surface area (Å²) in [7, 11) is 1.90. The molecule has 0 saturated heterocycles. The fourth-order valence-electron chi connectivity index (χ4n) is 3.63. The Labute approximate surface area is 159 Å². The number of nitrogens with two attached hydrogens (primary N) is 1. The number of amides is 1. The predicted octanol–water partition coefficient (Wildman–Crippen LogP) is 3.26. The van der Waals surface area contributed by atoms with Gasteiger partial charge in [0.1, 0.15) is 11.4 Å². The van der Waals surface area contributed by atoms with Gasteiger partial charge in [0.05, 0.1) is 10.4 Å². The smallest absolute Gasteiger partial charge is 0.259 e. The first-order chi connectivity index (χ1) is 13.1. The number of benzene rings is 1. The number of ether oxygens (including phenoxy) is 3. The molecule has 1 amide bonds. The van der Waals surface area contributed by atoms with E-state index in [1.165, 1.54) is 11.3 Å². The van der Waals surface area contributed by atoms with E-state index in [1.807, 2.05) is 25.4 Å². The molecule has 0 atom stereocenters. The van der Waals surface area contributed by atoms with Gasteiger partial charge in [-0.05, 0) is 42.5 Å². The summed E-state index contributed by atoms with van der Waals surface area (Å²) in [6.07, 6.45) is 4.64. The molecule has 1 aromatic carbocycles. The van der Waals surface area contributed by atoms with Crippen LogP contribution in [0.25, 0.3) is 11.3 Å². The first-order valence-electron chi connectivity index (χ1n) is 8.66. The summed E-state index contributed by atoms with van der Waals surface area (Å²) in [5.74, 6) is 1.51. The van der Waals surface area contributed by atoms with Crippen LogP contribution in [0.5, 0.6) is 22.3 Å². The highest BCUT2D eigenvalue weighted by molar-refractivity contribution is 7.16. The lowest BCUT2D eigenvalue weighted by Crippen LogP contribution is -2.11. The number of carbonyl (C=O) groups is 1. The van der Waals surface area contributed by atoms with Crippen molar-refractivity contribution in [3.8, 4) is 33.6 Å². The van der Waals surface area contributed by atoms with E-state index in [9.17, 15) is 4.79 Å². The third-order valence-corrected chi connectivity index (χ3v) is 5.89. The van der Waals surface area contributed by atoms with Gasteiger partial charge in [-0.3, -0.25) is 9.48 Å². The number of carbonyl (C=O) groups excluding carboxylic acids is 1. The Morgan fingerprint density at radius 1 is 1.30 bits per heavy atom. The summed E-state index contributed by atoms with van der Waals surface area (Å²) in [5, 5.41) is 5.26. The van der Waals surface area contributed by atoms with E-state index in [-0.39, 0.29) is 6.79 Å². The fourth-order valence-corrected chi connectivity index (χ4v) is 4.70. The molecule has 0 unspecified atom stereocenters. The van der Waals surface area contributed by atoms with Gasteiger partial charge in [-0.25, -0.2) is 0 Å². The van der Waals surface area contributed by atoms with Crippen LogP contribution in [0.2, 0.25) is 0 Å². The number of thiophene rings is 1. The Balaban J connectivity index is 1.64. The zero-order valence-corrected chi connectivity index (χ0v) is 15.5. The molecular formula is C19H17N3O4S. The highest BCUT2D eigenvalue weighted by atomic mass is 32.1. The van der Waals surface area contributed by atoms with E-state index in [1.54, 1.807) is 10.7 Å². The third kappa shape index (κ3) is 2.64. The quantitative estimate of drug-likeness (QED) is 0.750. The van der Waals surface area contributed by atoms with E-state index in [0.717, 1.165) is 41.6 Å². The maximum atomic E-state index is 12.0. The van der Waals surface area contributed by atoms with Crippen LogP contribution in [0.3, 0.4) is 0 Å². The van der Waals surface area contributed by atoms with Crippen molar-refractivity contribution in [2.45, 2.75) is 19.3 Å². The van der Waals surface area contributed by atoms with Crippen molar-refractivity contribution < 1.29 is 19.0 Å². The fraction of sp³-hybridized carbons (Fsp3) is 0.263. The number of rotatable bonds is 3. The first-order valence-corrected chi connectivity index (χ1v) is 9.47. The normalized spacial score (nSPS) is 14.4. The van der Waals surface area contributed by atoms with Gasteiger partial charge in [0, 0.05) is 19.3 Å². The number of hydrogen-bond donors (Lipinski definition) is 1. The molecule has 27 heavy (non-hydrogen) atoms. The van der Waals surface area contributed by atoms with Crippen molar-refractivity contribution in [2.24, 2.45) is 12.8 Å². The van der Waals surface area contributed by atoms with Crippen LogP contribution in [0, 0.1) is 0 Å². The van der Waals surface area contributed by atoms with E-state index in [0.29, 0.717) is 27.2 Å². The van der Waals surface area contributed by atoms with Crippen LogP contribution >= 0.6 is 11.3 Å². The van der Waals surface area contributed by atoms with E-state index in [4.69, 9.17) is 19.9 Å². The van der Waals surface area contributed by atoms with Gasteiger partial charge in [-0.1, -0.05) is 11.3 Å². The number of aryl methyl sites for hydroxylation is 2. The Hall–Kier alpha value is -3.00. The average molecular weight is 383 g/mol. The zero-order valence-electron chi connectivity index (χ0n) is 14.7. The number of fused-ring (bicyclic) bond motifs is 4. The van der Waals surface area contributed by atoms with Gasteiger partial charge in [0.15, 0.2) is 16.6 Å². The Morgan fingerprint density at radius 3 is 3.00 bits per heavy atom. The number of hydrogen-bond acceptors (Lipinski definition) is 6. The summed E-state index contributed by atoms with van der Waals surface area (Å²) in [5.41, 5.74) is 9.47. The molecular weight excluding hydrogens is 366 g/mol. The van der Waals surface area contributed by atoms with E-state index >= 15 is 0 Å². The van der Waals surface area contributed by atoms with Crippen molar-refractivity contribution >= 4 is 17.2 Å². The molecule has 0 radical (unpaired) electrons. The van der Waals surface area contributed by atoms with Gasteiger partial charge < -0.3 is 19.9 Å². The second-order valence-electron chi connectivity index (χ2n) is 6.58. The number of aromatic nitrogens is 2. The summed E-state index contributed by atoms with van der Waals surface area (Å²) in [6.45, 7) is 0.205. The lowest BCUT2D eigenvalue weighted by molar-refractivity contribution is 0.100. The molecule has 138 valence electrons. The number of primary amides is 1. The monoisotopic (exact) mass is 383 g/mol. The lowest BCUT2D eigenvalue weighted by atomic mass is 10.1. The third-order valence-electron chi connectivity index (χ3n) is 4.77. The van der Waals surface area contributed by atoms with E-state index in [2.05, 4.69) is 5.10 Å². The Morgan fingerprint density at radius 2 is 2.15 bits per heavy atom. The SMILES string of the molecule is Cn1cc2c(n1)-c1c(Oc3ccc4c(c3)OCO4)sc(C(N)=O)c1CCC2. The van der Waals surface area contributed by atoms with Crippen LogP contribution in [0.4, 0.5) is 0 Å². The average Bonchev–Trinajstić information content (AvgIpc) is 3.30. The van der Waals surface area contributed by atoms with Gasteiger partial charge >= 0.3 is 0 Å². The summed E-state index contributed by atoms with van der Waals surface area (Å²) in [6, 6.07) is 5.42. The van der Waals surface area contributed by atoms with Crippen LogP contribution in [0.15, 0.2) is 24.4 Å². The summed E-state index contributed by atoms with van der Waals surface area (Å²) >= 11 is 1.28. The molecule has 2 aromatic heterocycles. The minimum Gasteiger partial charge on any atom is -0.454 e. The van der Waals surface area contributed by atoms with Gasteiger partial charge in [0.25, 0.3) is 5.91 Å². The lowest BCUT2D eigenvalue weighted by Gasteiger charge is -2.07. The van der Waals surface area contributed by atoms with Crippen LogP contribution in [-0.4, -0.2) is 22.5 Å². The molecule has 0 spiro atoms. The molecule has 0 fully saturated rings. The highest BCUT2D eigenvalue weighted by Gasteiger charge is 2.29. The van der Waals surface area contributed by atoms with E-state index < -0.39 is 5.91 Å². The molecule has 3 heterocycles. The van der Waals surface area contributed by atoms with Crippen LogP contribution < -0.4 is 19.9 Å². The van der Waals surface area contributed by atoms with Crippen molar-refractivity contribution in [1.82, 2.24) is 9.78 Å². The van der Waals surface area contributed by atoms with Crippen molar-refractivity contribution in [3.63, 3.8) is 0 Å². The van der Waals surface area contributed by atoms with Crippen molar-refractivity contribution in [3.05, 3.63) is 40.4 Å². The highest BCUT2D eigenvalue weighted by Crippen LogP contribution is 2.48.